The summed E-state index contributed by atoms with van der Waals surface area (Å²) < 4.78 is 0. The zero-order valence-electron chi connectivity index (χ0n) is 8.16. The Balaban J connectivity index is 2.85. The number of aromatic nitrogens is 1. The fourth-order valence-electron chi connectivity index (χ4n) is 0.691. The lowest BCUT2D eigenvalue weighted by atomic mass is 10.3. The van der Waals surface area contributed by atoms with Gasteiger partial charge in [-0.2, -0.15) is 10.0 Å². The molecule has 0 saturated heterocycles. The molecule has 0 amide bonds. The average molecular weight is 194 g/mol. The van der Waals surface area contributed by atoms with E-state index in [9.17, 15) is 0 Å². The summed E-state index contributed by atoms with van der Waals surface area (Å²) in [6.45, 7) is 0. The van der Waals surface area contributed by atoms with Gasteiger partial charge in [-0.15, -0.1) is 0 Å². The number of nitrogen functional groups attached to an aromatic ring is 1. The Labute approximate surface area is 80.9 Å². The molecule has 1 rings (SSSR count). The maximum Gasteiger partial charge on any atom is 0.123 e. The summed E-state index contributed by atoms with van der Waals surface area (Å²) in [4.78, 5) is 3.96. The summed E-state index contributed by atoms with van der Waals surface area (Å²) in [5.41, 5.74) is 6.38. The molecule has 0 bridgehead atoms. The van der Waals surface area contributed by atoms with Crippen molar-refractivity contribution in [3.63, 3.8) is 0 Å². The van der Waals surface area contributed by atoms with Crippen molar-refractivity contribution in [1.29, 1.82) is 0 Å². The van der Waals surface area contributed by atoms with Gasteiger partial charge in [0.2, 0.25) is 0 Å². The SMILES string of the molecule is CS(C)(C)C#Cc1ccc(N)nc1. The van der Waals surface area contributed by atoms with Gasteiger partial charge in [0.15, 0.2) is 0 Å². The van der Waals surface area contributed by atoms with E-state index in [1.807, 2.05) is 6.07 Å². The highest BCUT2D eigenvalue weighted by molar-refractivity contribution is 8.35. The molecule has 0 saturated carbocycles. The molecule has 0 aliphatic rings. The van der Waals surface area contributed by atoms with Gasteiger partial charge in [0.25, 0.3) is 0 Å². The van der Waals surface area contributed by atoms with Crippen LogP contribution in [0.25, 0.3) is 0 Å². The molecule has 13 heavy (non-hydrogen) atoms. The van der Waals surface area contributed by atoms with E-state index in [0.717, 1.165) is 5.56 Å². The summed E-state index contributed by atoms with van der Waals surface area (Å²) in [5.74, 6) is 3.62. The molecule has 0 fully saturated rings. The number of pyridine rings is 1. The number of hydrogen-bond acceptors (Lipinski definition) is 2. The second kappa shape index (κ2) is 3.71. The van der Waals surface area contributed by atoms with Crippen molar-refractivity contribution in [2.45, 2.75) is 0 Å². The highest BCUT2D eigenvalue weighted by Crippen LogP contribution is 2.32. The van der Waals surface area contributed by atoms with Gasteiger partial charge in [-0.25, -0.2) is 4.98 Å². The number of hydrogen-bond donors (Lipinski definition) is 1. The van der Waals surface area contributed by atoms with Crippen LogP contribution in [0.3, 0.4) is 0 Å². The number of rotatable bonds is 0. The Morgan fingerprint density at radius 2 is 2.00 bits per heavy atom. The molecular weight excluding hydrogens is 180 g/mol. The summed E-state index contributed by atoms with van der Waals surface area (Å²) in [5, 5.41) is 3.21. The van der Waals surface area contributed by atoms with Crippen LogP contribution in [-0.4, -0.2) is 23.8 Å². The Kier molecular flexibility index (Phi) is 2.84. The van der Waals surface area contributed by atoms with Crippen LogP contribution in [0.15, 0.2) is 18.3 Å². The smallest absolute Gasteiger partial charge is 0.123 e. The standard InChI is InChI=1S/C10H14N2S/c1-13(2,3)7-6-9-4-5-10(11)12-8-9/h4-5,8H,1-3H3,(H2,11,12). The predicted octanol–water partition coefficient (Wildman–Crippen LogP) is 1.67. The van der Waals surface area contributed by atoms with Crippen LogP contribution in [0, 0.1) is 11.2 Å². The third kappa shape index (κ3) is 3.86. The fraction of sp³-hybridized carbons (Fsp3) is 0.300. The third-order valence-electron chi connectivity index (χ3n) is 1.29. The summed E-state index contributed by atoms with van der Waals surface area (Å²) in [6.07, 6.45) is 8.17. The Morgan fingerprint density at radius 3 is 2.46 bits per heavy atom. The van der Waals surface area contributed by atoms with Crippen molar-refractivity contribution < 1.29 is 0 Å². The second-order valence-corrected chi connectivity index (χ2v) is 7.41. The van der Waals surface area contributed by atoms with Crippen LogP contribution >= 0.6 is 10.0 Å². The van der Waals surface area contributed by atoms with Gasteiger partial charge in [-0.05, 0) is 36.2 Å². The van der Waals surface area contributed by atoms with E-state index in [0.29, 0.717) is 5.82 Å². The van der Waals surface area contributed by atoms with Crippen molar-refractivity contribution in [3.05, 3.63) is 23.9 Å². The largest absolute Gasteiger partial charge is 0.384 e. The van der Waals surface area contributed by atoms with Crippen molar-refractivity contribution in [2.24, 2.45) is 0 Å². The van der Waals surface area contributed by atoms with E-state index in [4.69, 9.17) is 5.73 Å². The van der Waals surface area contributed by atoms with E-state index in [2.05, 4.69) is 34.9 Å². The average Bonchev–Trinajstić information content (AvgIpc) is 2.02. The lowest BCUT2D eigenvalue weighted by Gasteiger charge is -2.14. The Morgan fingerprint density at radius 1 is 1.31 bits per heavy atom. The predicted molar refractivity (Wildman–Crippen MR) is 60.9 cm³/mol. The van der Waals surface area contributed by atoms with Gasteiger partial charge < -0.3 is 5.73 Å². The van der Waals surface area contributed by atoms with Crippen LogP contribution < -0.4 is 5.73 Å². The van der Waals surface area contributed by atoms with Crippen molar-refractivity contribution in [2.75, 3.05) is 24.5 Å². The zero-order valence-corrected chi connectivity index (χ0v) is 8.98. The first-order valence-corrected chi connectivity index (χ1v) is 6.76. The summed E-state index contributed by atoms with van der Waals surface area (Å²) >= 11 is 0. The van der Waals surface area contributed by atoms with Crippen LogP contribution in [0.4, 0.5) is 5.82 Å². The topological polar surface area (TPSA) is 38.9 Å². The van der Waals surface area contributed by atoms with Gasteiger partial charge in [0.1, 0.15) is 5.82 Å². The van der Waals surface area contributed by atoms with Crippen LogP contribution in [0.5, 0.6) is 0 Å². The number of anilines is 1. The minimum atomic E-state index is -0.753. The maximum absolute atomic E-state index is 5.45. The first-order valence-electron chi connectivity index (χ1n) is 3.90. The van der Waals surface area contributed by atoms with E-state index in [1.165, 1.54) is 0 Å². The van der Waals surface area contributed by atoms with Crippen LogP contribution in [0.2, 0.25) is 0 Å². The molecule has 0 aromatic carbocycles. The summed E-state index contributed by atoms with van der Waals surface area (Å²) in [6, 6.07) is 3.66. The van der Waals surface area contributed by atoms with E-state index < -0.39 is 10.0 Å². The molecule has 1 aromatic rings. The second-order valence-electron chi connectivity index (χ2n) is 3.54. The van der Waals surface area contributed by atoms with Gasteiger partial charge in [0, 0.05) is 11.8 Å². The molecular formula is C10H14N2S. The number of nitrogens with zero attached hydrogens (tertiary/aromatic N) is 1. The lowest BCUT2D eigenvalue weighted by Crippen LogP contribution is -1.89. The van der Waals surface area contributed by atoms with Crippen LogP contribution in [-0.2, 0) is 0 Å². The van der Waals surface area contributed by atoms with E-state index >= 15 is 0 Å². The molecule has 3 heteroatoms. The quantitative estimate of drug-likeness (QED) is 0.638. The number of nitrogens with two attached hydrogens (primary N) is 1. The zero-order chi connectivity index (χ0) is 9.90. The maximum atomic E-state index is 5.45. The van der Waals surface area contributed by atoms with Gasteiger partial charge in [-0.3, -0.25) is 0 Å². The minimum absolute atomic E-state index is 0.536. The van der Waals surface area contributed by atoms with Crippen molar-refractivity contribution >= 4 is 15.8 Å². The highest BCUT2D eigenvalue weighted by Gasteiger charge is 1.95. The first kappa shape index (κ1) is 9.94. The molecule has 0 aliphatic heterocycles. The Bertz CT molecular complexity index is 338. The normalized spacial score (nSPS) is 11.6. The highest BCUT2D eigenvalue weighted by atomic mass is 32.3. The molecule has 1 aromatic heterocycles. The lowest BCUT2D eigenvalue weighted by molar-refractivity contribution is 1.32. The molecule has 0 radical (unpaired) electrons. The minimum Gasteiger partial charge on any atom is -0.384 e. The van der Waals surface area contributed by atoms with E-state index in [-0.39, 0.29) is 0 Å². The molecule has 2 nitrogen and oxygen atoms in total. The van der Waals surface area contributed by atoms with Crippen molar-refractivity contribution in [3.8, 4) is 11.2 Å². The summed E-state index contributed by atoms with van der Waals surface area (Å²) in [7, 11) is -0.753. The fourth-order valence-corrected chi connectivity index (χ4v) is 1.12. The van der Waals surface area contributed by atoms with E-state index in [1.54, 1.807) is 12.3 Å². The van der Waals surface area contributed by atoms with Crippen LogP contribution in [0.1, 0.15) is 5.56 Å². The molecule has 1 heterocycles. The molecule has 0 spiro atoms. The molecule has 70 valence electrons. The van der Waals surface area contributed by atoms with Gasteiger partial charge in [-0.1, -0.05) is 5.92 Å². The molecule has 0 unspecified atom stereocenters. The van der Waals surface area contributed by atoms with Crippen molar-refractivity contribution in [1.82, 2.24) is 4.98 Å². The monoisotopic (exact) mass is 194 g/mol. The first-order chi connectivity index (χ1) is 5.97. The van der Waals surface area contributed by atoms with Gasteiger partial charge >= 0.3 is 0 Å². The Hall–Kier alpha value is -1.14. The molecule has 2 N–H and O–H groups in total. The van der Waals surface area contributed by atoms with Gasteiger partial charge in [0.05, 0.1) is 0 Å². The molecule has 0 atom stereocenters. The third-order valence-corrected chi connectivity index (χ3v) is 2.00. The molecule has 0 aliphatic carbocycles.